The Labute approximate surface area is 168 Å². The SMILES string of the molecule is COc1ccc(CN(c2cccc(F)n2)S(=O)(=O)c2cccc(C)n2)c(OC)c1. The van der Waals surface area contributed by atoms with E-state index < -0.39 is 16.0 Å². The lowest BCUT2D eigenvalue weighted by Gasteiger charge is -2.24. The van der Waals surface area contributed by atoms with Crippen molar-refractivity contribution < 1.29 is 22.3 Å². The number of hydrogen-bond acceptors (Lipinski definition) is 6. The Kier molecular flexibility index (Phi) is 5.97. The van der Waals surface area contributed by atoms with E-state index in [4.69, 9.17) is 9.47 Å². The smallest absolute Gasteiger partial charge is 0.283 e. The van der Waals surface area contributed by atoms with Crippen molar-refractivity contribution in [3.05, 3.63) is 71.8 Å². The minimum Gasteiger partial charge on any atom is -0.497 e. The molecule has 0 aliphatic heterocycles. The predicted molar refractivity (Wildman–Crippen MR) is 106 cm³/mol. The standard InChI is InChI=1S/C20H20FN3O4S/c1-14-6-4-9-20(22-14)29(25,26)24(19-8-5-7-18(21)23-19)13-15-10-11-16(27-2)12-17(15)28-3/h4-12H,13H2,1-3H3. The molecule has 0 N–H and O–H groups in total. The van der Waals surface area contributed by atoms with E-state index in [-0.39, 0.29) is 17.4 Å². The van der Waals surface area contributed by atoms with Gasteiger partial charge in [0, 0.05) is 17.3 Å². The summed E-state index contributed by atoms with van der Waals surface area (Å²) in [5.74, 6) is 0.134. The highest BCUT2D eigenvalue weighted by Crippen LogP contribution is 2.30. The summed E-state index contributed by atoms with van der Waals surface area (Å²) >= 11 is 0. The maximum absolute atomic E-state index is 13.8. The molecule has 0 amide bonds. The molecule has 3 aromatic rings. The molecule has 3 rings (SSSR count). The van der Waals surface area contributed by atoms with Gasteiger partial charge in [-0.15, -0.1) is 0 Å². The zero-order valence-electron chi connectivity index (χ0n) is 16.2. The zero-order chi connectivity index (χ0) is 21.0. The Balaban J connectivity index is 2.12. The lowest BCUT2D eigenvalue weighted by Crippen LogP contribution is -2.32. The minimum atomic E-state index is -4.13. The number of aromatic nitrogens is 2. The van der Waals surface area contributed by atoms with E-state index >= 15 is 0 Å². The second kappa shape index (κ2) is 8.44. The molecular weight excluding hydrogens is 397 g/mol. The van der Waals surface area contributed by atoms with Crippen molar-refractivity contribution in [1.29, 1.82) is 0 Å². The molecule has 0 saturated carbocycles. The molecule has 0 atom stereocenters. The van der Waals surface area contributed by atoms with E-state index in [2.05, 4.69) is 9.97 Å². The highest BCUT2D eigenvalue weighted by atomic mass is 32.2. The summed E-state index contributed by atoms with van der Waals surface area (Å²) < 4.78 is 52.1. The summed E-state index contributed by atoms with van der Waals surface area (Å²) in [4.78, 5) is 7.88. The van der Waals surface area contributed by atoms with Crippen LogP contribution >= 0.6 is 0 Å². The van der Waals surface area contributed by atoms with Crippen LogP contribution in [-0.4, -0.2) is 32.6 Å². The fourth-order valence-corrected chi connectivity index (χ4v) is 4.13. The average molecular weight is 417 g/mol. The number of ether oxygens (including phenoxy) is 2. The molecule has 0 bridgehead atoms. The summed E-state index contributed by atoms with van der Waals surface area (Å²) in [5.41, 5.74) is 1.09. The first kappa shape index (κ1) is 20.5. The molecule has 0 unspecified atom stereocenters. The van der Waals surface area contributed by atoms with Crippen molar-refractivity contribution in [1.82, 2.24) is 9.97 Å². The lowest BCUT2D eigenvalue weighted by molar-refractivity contribution is 0.391. The number of anilines is 1. The molecule has 0 aliphatic rings. The highest BCUT2D eigenvalue weighted by molar-refractivity contribution is 7.92. The number of nitrogens with zero attached hydrogens (tertiary/aromatic N) is 3. The molecule has 0 spiro atoms. The van der Waals surface area contributed by atoms with Gasteiger partial charge in [-0.3, -0.25) is 0 Å². The van der Waals surface area contributed by atoms with Gasteiger partial charge in [0.2, 0.25) is 5.95 Å². The second-order valence-corrected chi connectivity index (χ2v) is 7.93. The number of rotatable bonds is 7. The van der Waals surface area contributed by atoms with Gasteiger partial charge in [-0.25, -0.2) is 14.3 Å². The minimum absolute atomic E-state index is 0.0637. The van der Waals surface area contributed by atoms with Gasteiger partial charge in [-0.2, -0.15) is 12.8 Å². The van der Waals surface area contributed by atoms with Crippen molar-refractivity contribution in [2.45, 2.75) is 18.5 Å². The number of halogens is 1. The number of sulfonamides is 1. The van der Waals surface area contributed by atoms with Gasteiger partial charge in [0.05, 0.1) is 20.8 Å². The number of aryl methyl sites for hydroxylation is 1. The molecule has 2 aromatic heterocycles. The van der Waals surface area contributed by atoms with Crippen LogP contribution in [0, 0.1) is 12.9 Å². The first-order valence-electron chi connectivity index (χ1n) is 8.65. The third-order valence-electron chi connectivity index (χ3n) is 4.18. The number of hydrogen-bond donors (Lipinski definition) is 0. The van der Waals surface area contributed by atoms with E-state index in [9.17, 15) is 12.8 Å². The topological polar surface area (TPSA) is 81.6 Å². The molecule has 0 fully saturated rings. The molecule has 1 aromatic carbocycles. The summed E-state index contributed by atoms with van der Waals surface area (Å²) in [6.45, 7) is 1.55. The number of pyridine rings is 2. The van der Waals surface area contributed by atoms with E-state index in [1.54, 1.807) is 37.3 Å². The van der Waals surface area contributed by atoms with Gasteiger partial charge in [0.25, 0.3) is 10.0 Å². The average Bonchev–Trinajstić information content (AvgIpc) is 2.71. The molecule has 9 heteroatoms. The molecule has 2 heterocycles. The van der Waals surface area contributed by atoms with Crippen molar-refractivity contribution in [2.75, 3.05) is 18.5 Å². The maximum Gasteiger partial charge on any atom is 0.283 e. The quantitative estimate of drug-likeness (QED) is 0.549. The van der Waals surface area contributed by atoms with Crippen LogP contribution < -0.4 is 13.8 Å². The van der Waals surface area contributed by atoms with E-state index in [0.29, 0.717) is 22.8 Å². The van der Waals surface area contributed by atoms with Crippen LogP contribution in [-0.2, 0) is 16.6 Å². The molecule has 0 saturated heterocycles. The Hall–Kier alpha value is -3.20. The van der Waals surface area contributed by atoms with Crippen LogP contribution in [0.4, 0.5) is 10.2 Å². The van der Waals surface area contributed by atoms with Crippen LogP contribution in [0.2, 0.25) is 0 Å². The number of methoxy groups -OCH3 is 2. The van der Waals surface area contributed by atoms with Gasteiger partial charge in [-0.05, 0) is 43.3 Å². The molecule has 0 aliphatic carbocycles. The Morgan fingerprint density at radius 2 is 1.76 bits per heavy atom. The van der Waals surface area contributed by atoms with Gasteiger partial charge in [0.1, 0.15) is 17.3 Å². The van der Waals surface area contributed by atoms with Crippen LogP contribution in [0.15, 0.2) is 59.6 Å². The van der Waals surface area contributed by atoms with Gasteiger partial charge < -0.3 is 9.47 Å². The van der Waals surface area contributed by atoms with Gasteiger partial charge in [0.15, 0.2) is 5.03 Å². The highest BCUT2D eigenvalue weighted by Gasteiger charge is 2.29. The first-order valence-corrected chi connectivity index (χ1v) is 10.1. The normalized spacial score (nSPS) is 11.2. The van der Waals surface area contributed by atoms with Crippen LogP contribution in [0.1, 0.15) is 11.3 Å². The molecule has 0 radical (unpaired) electrons. The summed E-state index contributed by atoms with van der Waals surface area (Å²) in [7, 11) is -1.13. The predicted octanol–water partition coefficient (Wildman–Crippen LogP) is 3.34. The van der Waals surface area contributed by atoms with Crippen molar-refractivity contribution >= 4 is 15.8 Å². The van der Waals surface area contributed by atoms with E-state index in [1.807, 2.05) is 0 Å². The largest absolute Gasteiger partial charge is 0.497 e. The third kappa shape index (κ3) is 4.45. The Morgan fingerprint density at radius 1 is 1.00 bits per heavy atom. The number of benzene rings is 1. The molecular formula is C20H20FN3O4S. The third-order valence-corrected chi connectivity index (χ3v) is 5.83. The zero-order valence-corrected chi connectivity index (χ0v) is 17.0. The fraction of sp³-hybridized carbons (Fsp3) is 0.200. The first-order chi connectivity index (χ1) is 13.8. The molecule has 7 nitrogen and oxygen atoms in total. The monoisotopic (exact) mass is 417 g/mol. The maximum atomic E-state index is 13.8. The Bertz CT molecular complexity index is 1120. The molecule has 152 valence electrons. The second-order valence-electron chi connectivity index (χ2n) is 6.13. The summed E-state index contributed by atoms with van der Waals surface area (Å²) in [5, 5.41) is -0.156. The summed E-state index contributed by atoms with van der Waals surface area (Å²) in [6, 6.07) is 13.7. The molecule has 29 heavy (non-hydrogen) atoms. The van der Waals surface area contributed by atoms with E-state index in [1.165, 1.54) is 32.4 Å². The van der Waals surface area contributed by atoms with E-state index in [0.717, 1.165) is 10.4 Å². The van der Waals surface area contributed by atoms with Crippen molar-refractivity contribution in [3.63, 3.8) is 0 Å². The van der Waals surface area contributed by atoms with Gasteiger partial charge in [-0.1, -0.05) is 12.1 Å². The van der Waals surface area contributed by atoms with Gasteiger partial charge >= 0.3 is 0 Å². The summed E-state index contributed by atoms with van der Waals surface area (Å²) in [6.07, 6.45) is 0. The van der Waals surface area contributed by atoms with Crippen LogP contribution in [0.5, 0.6) is 11.5 Å². The van der Waals surface area contributed by atoms with Crippen LogP contribution in [0.25, 0.3) is 0 Å². The lowest BCUT2D eigenvalue weighted by atomic mass is 10.2. The fourth-order valence-electron chi connectivity index (χ4n) is 2.74. The van der Waals surface area contributed by atoms with Crippen LogP contribution in [0.3, 0.4) is 0 Å². The van der Waals surface area contributed by atoms with Crippen molar-refractivity contribution in [3.8, 4) is 11.5 Å². The Morgan fingerprint density at radius 3 is 2.41 bits per heavy atom. The van der Waals surface area contributed by atoms with Crippen molar-refractivity contribution in [2.24, 2.45) is 0 Å².